The van der Waals surface area contributed by atoms with Crippen LogP contribution in [-0.2, 0) is 0 Å². The lowest BCUT2D eigenvalue weighted by Gasteiger charge is -2.07. The second-order valence-electron chi connectivity index (χ2n) is 3.30. The molecular formula is C11H9F2N3O. The van der Waals surface area contributed by atoms with Crippen LogP contribution < -0.4 is 10.8 Å². The van der Waals surface area contributed by atoms with Crippen molar-refractivity contribution in [1.29, 1.82) is 0 Å². The van der Waals surface area contributed by atoms with E-state index in [0.717, 1.165) is 12.1 Å². The topological polar surface area (TPSA) is 57.2 Å². The summed E-state index contributed by atoms with van der Waals surface area (Å²) in [5.74, 6) is -1.45. The fourth-order valence-corrected chi connectivity index (χ4v) is 1.29. The monoisotopic (exact) mass is 237 g/mol. The first kappa shape index (κ1) is 11.3. The molecule has 0 spiro atoms. The smallest absolute Gasteiger partial charge is 0.160 e. The first-order chi connectivity index (χ1) is 8.19. The van der Waals surface area contributed by atoms with Crippen LogP contribution in [-0.4, -0.2) is 10.2 Å². The lowest BCUT2D eigenvalue weighted by molar-refractivity contribution is 0.389. The quantitative estimate of drug-likeness (QED) is 0.718. The zero-order valence-corrected chi connectivity index (χ0v) is 8.61. The van der Waals surface area contributed by atoms with Gasteiger partial charge < -0.3 is 5.32 Å². The molecule has 1 heterocycles. The zero-order chi connectivity index (χ0) is 12.3. The van der Waals surface area contributed by atoms with E-state index in [4.69, 9.17) is 5.21 Å². The van der Waals surface area contributed by atoms with Gasteiger partial charge in [-0.05, 0) is 18.2 Å². The molecule has 2 aromatic rings. The molecule has 1 aromatic carbocycles. The van der Waals surface area contributed by atoms with Gasteiger partial charge in [-0.1, -0.05) is 0 Å². The third kappa shape index (κ3) is 2.67. The molecule has 6 heteroatoms. The summed E-state index contributed by atoms with van der Waals surface area (Å²) < 4.78 is 25.6. The van der Waals surface area contributed by atoms with E-state index in [2.05, 4.69) is 10.3 Å². The lowest BCUT2D eigenvalue weighted by Crippen LogP contribution is -1.97. The first-order valence-corrected chi connectivity index (χ1v) is 4.77. The van der Waals surface area contributed by atoms with Crippen LogP contribution in [0, 0.1) is 11.6 Å². The SMILES string of the molecule is ONc1ccnc(Nc2ccc(F)c(F)c2)c1. The molecule has 17 heavy (non-hydrogen) atoms. The minimum atomic E-state index is -0.938. The van der Waals surface area contributed by atoms with E-state index in [9.17, 15) is 8.78 Å². The Balaban J connectivity index is 2.22. The van der Waals surface area contributed by atoms with Crippen LogP contribution in [0.1, 0.15) is 0 Å². The maximum absolute atomic E-state index is 12.9. The predicted molar refractivity (Wildman–Crippen MR) is 59.3 cm³/mol. The number of hydrogen-bond donors (Lipinski definition) is 3. The number of hydrogen-bond acceptors (Lipinski definition) is 4. The van der Waals surface area contributed by atoms with E-state index in [-0.39, 0.29) is 0 Å². The largest absolute Gasteiger partial charge is 0.340 e. The number of benzene rings is 1. The number of anilines is 3. The molecule has 0 saturated heterocycles. The van der Waals surface area contributed by atoms with Gasteiger partial charge in [-0.15, -0.1) is 0 Å². The number of aromatic nitrogens is 1. The van der Waals surface area contributed by atoms with Gasteiger partial charge in [0.05, 0.1) is 5.69 Å². The molecule has 2 rings (SSSR count). The van der Waals surface area contributed by atoms with Crippen molar-refractivity contribution in [1.82, 2.24) is 4.98 Å². The second-order valence-corrected chi connectivity index (χ2v) is 3.30. The zero-order valence-electron chi connectivity index (χ0n) is 8.61. The van der Waals surface area contributed by atoms with Crippen molar-refractivity contribution < 1.29 is 14.0 Å². The van der Waals surface area contributed by atoms with E-state index in [1.807, 2.05) is 5.48 Å². The van der Waals surface area contributed by atoms with Gasteiger partial charge in [0.15, 0.2) is 11.6 Å². The van der Waals surface area contributed by atoms with Crippen LogP contribution in [0.4, 0.5) is 26.0 Å². The molecule has 0 amide bonds. The molecule has 3 N–H and O–H groups in total. The van der Waals surface area contributed by atoms with Gasteiger partial charge in [0.1, 0.15) is 5.82 Å². The molecule has 1 aromatic heterocycles. The second kappa shape index (κ2) is 4.75. The van der Waals surface area contributed by atoms with Gasteiger partial charge >= 0.3 is 0 Å². The van der Waals surface area contributed by atoms with Crippen molar-refractivity contribution in [2.75, 3.05) is 10.8 Å². The summed E-state index contributed by atoms with van der Waals surface area (Å²) in [7, 11) is 0. The van der Waals surface area contributed by atoms with E-state index >= 15 is 0 Å². The van der Waals surface area contributed by atoms with Crippen molar-refractivity contribution >= 4 is 17.2 Å². The van der Waals surface area contributed by atoms with Crippen molar-refractivity contribution in [2.24, 2.45) is 0 Å². The predicted octanol–water partition coefficient (Wildman–Crippen LogP) is 2.90. The summed E-state index contributed by atoms with van der Waals surface area (Å²) in [6.07, 6.45) is 1.46. The summed E-state index contributed by atoms with van der Waals surface area (Å²) in [6, 6.07) is 6.50. The van der Waals surface area contributed by atoms with Gasteiger partial charge in [-0.3, -0.25) is 10.7 Å². The molecule has 0 saturated carbocycles. The summed E-state index contributed by atoms with van der Waals surface area (Å²) in [6.45, 7) is 0. The van der Waals surface area contributed by atoms with Crippen LogP contribution in [0.25, 0.3) is 0 Å². The average Bonchev–Trinajstić information content (AvgIpc) is 2.34. The highest BCUT2D eigenvalue weighted by Gasteiger charge is 2.03. The Morgan fingerprint density at radius 2 is 1.82 bits per heavy atom. The van der Waals surface area contributed by atoms with E-state index in [0.29, 0.717) is 17.2 Å². The van der Waals surface area contributed by atoms with Crippen LogP contribution in [0.3, 0.4) is 0 Å². The molecule has 0 fully saturated rings. The Labute approximate surface area is 95.9 Å². The number of nitrogens with one attached hydrogen (secondary N) is 2. The summed E-state index contributed by atoms with van der Waals surface area (Å²) in [5.41, 5.74) is 2.76. The average molecular weight is 237 g/mol. The summed E-state index contributed by atoms with van der Waals surface area (Å²) >= 11 is 0. The number of pyridine rings is 1. The Morgan fingerprint density at radius 1 is 1.00 bits per heavy atom. The minimum absolute atomic E-state index is 0.367. The van der Waals surface area contributed by atoms with Gasteiger partial charge in [0, 0.05) is 24.0 Å². The van der Waals surface area contributed by atoms with Gasteiger partial charge in [-0.2, -0.15) is 0 Å². The first-order valence-electron chi connectivity index (χ1n) is 4.77. The molecule has 88 valence electrons. The Bertz CT molecular complexity index is 534. The maximum atomic E-state index is 12.9. The van der Waals surface area contributed by atoms with E-state index < -0.39 is 11.6 Å². The molecule has 0 radical (unpaired) electrons. The fraction of sp³-hybridized carbons (Fsp3) is 0. The van der Waals surface area contributed by atoms with E-state index in [1.54, 1.807) is 6.07 Å². The number of rotatable bonds is 3. The van der Waals surface area contributed by atoms with Crippen molar-refractivity contribution in [2.45, 2.75) is 0 Å². The Hall–Kier alpha value is -2.21. The fourth-order valence-electron chi connectivity index (χ4n) is 1.29. The highest BCUT2D eigenvalue weighted by Crippen LogP contribution is 2.19. The van der Waals surface area contributed by atoms with Gasteiger partial charge in [0.2, 0.25) is 0 Å². The van der Waals surface area contributed by atoms with Crippen molar-refractivity contribution in [3.05, 3.63) is 48.2 Å². The third-order valence-corrected chi connectivity index (χ3v) is 2.08. The Morgan fingerprint density at radius 3 is 2.53 bits per heavy atom. The Kier molecular flexibility index (Phi) is 3.15. The third-order valence-electron chi connectivity index (χ3n) is 2.08. The molecule has 0 aliphatic carbocycles. The minimum Gasteiger partial charge on any atom is -0.340 e. The van der Waals surface area contributed by atoms with Crippen LogP contribution in [0.15, 0.2) is 36.5 Å². The highest BCUT2D eigenvalue weighted by molar-refractivity contribution is 5.60. The molecule has 0 aliphatic heterocycles. The number of halogens is 2. The van der Waals surface area contributed by atoms with Crippen LogP contribution in [0.5, 0.6) is 0 Å². The van der Waals surface area contributed by atoms with E-state index in [1.165, 1.54) is 18.3 Å². The van der Waals surface area contributed by atoms with Gasteiger partial charge in [-0.25, -0.2) is 13.8 Å². The summed E-state index contributed by atoms with van der Waals surface area (Å²) in [4.78, 5) is 3.96. The van der Waals surface area contributed by atoms with Gasteiger partial charge in [0.25, 0.3) is 0 Å². The molecule has 0 bridgehead atoms. The van der Waals surface area contributed by atoms with Crippen molar-refractivity contribution in [3.63, 3.8) is 0 Å². The molecule has 0 atom stereocenters. The van der Waals surface area contributed by atoms with Crippen LogP contribution >= 0.6 is 0 Å². The van der Waals surface area contributed by atoms with Crippen LogP contribution in [0.2, 0.25) is 0 Å². The molecule has 0 aliphatic rings. The lowest BCUT2D eigenvalue weighted by atomic mass is 10.3. The molecular weight excluding hydrogens is 228 g/mol. The number of nitrogens with zero attached hydrogens (tertiary/aromatic N) is 1. The summed E-state index contributed by atoms with van der Waals surface area (Å²) in [5, 5.41) is 11.5. The van der Waals surface area contributed by atoms with Crippen molar-refractivity contribution in [3.8, 4) is 0 Å². The standard InChI is InChI=1S/C11H9F2N3O/c12-9-2-1-7(5-10(9)13)15-11-6-8(16-17)3-4-14-11/h1-6,17H,(H2,14,15,16). The maximum Gasteiger partial charge on any atom is 0.160 e. The normalized spacial score (nSPS) is 10.1. The molecule has 0 unspecified atom stereocenters. The highest BCUT2D eigenvalue weighted by atomic mass is 19.2. The molecule has 4 nitrogen and oxygen atoms in total.